The molecule has 24 heavy (non-hydrogen) atoms. The van der Waals surface area contributed by atoms with Crippen LogP contribution in [0.2, 0.25) is 0 Å². The smallest absolute Gasteiger partial charge is 0.223 e. The number of rotatable bonds is 7. The summed E-state index contributed by atoms with van der Waals surface area (Å²) >= 11 is 0. The molecular formula is C18H24NO5-. The van der Waals surface area contributed by atoms with Gasteiger partial charge in [-0.3, -0.25) is 4.79 Å². The van der Waals surface area contributed by atoms with E-state index in [0.717, 1.165) is 18.4 Å². The maximum Gasteiger partial charge on any atom is 0.223 e. The molecule has 1 aliphatic rings. The largest absolute Gasteiger partial charge is 0.550 e. The first-order valence-corrected chi connectivity index (χ1v) is 8.26. The van der Waals surface area contributed by atoms with E-state index in [-0.39, 0.29) is 5.91 Å². The molecule has 1 aromatic carbocycles. The summed E-state index contributed by atoms with van der Waals surface area (Å²) in [6.07, 6.45) is 3.50. The van der Waals surface area contributed by atoms with Gasteiger partial charge in [0.2, 0.25) is 5.91 Å². The first kappa shape index (κ1) is 18.1. The van der Waals surface area contributed by atoms with Crippen molar-refractivity contribution in [3.8, 4) is 11.5 Å². The molecule has 1 aromatic rings. The minimum Gasteiger partial charge on any atom is -0.550 e. The highest BCUT2D eigenvalue weighted by Crippen LogP contribution is 2.30. The molecular weight excluding hydrogens is 310 g/mol. The second kappa shape index (κ2) is 8.57. The van der Waals surface area contributed by atoms with Crippen LogP contribution in [0.4, 0.5) is 0 Å². The van der Waals surface area contributed by atoms with Crippen LogP contribution in [0, 0.1) is 11.8 Å². The second-order valence-corrected chi connectivity index (χ2v) is 6.05. The topological polar surface area (TPSA) is 87.7 Å². The molecule has 1 aliphatic carbocycles. The third-order valence-corrected chi connectivity index (χ3v) is 4.57. The Morgan fingerprint density at radius 1 is 1.12 bits per heavy atom. The van der Waals surface area contributed by atoms with Crippen molar-refractivity contribution in [3.63, 3.8) is 0 Å². The van der Waals surface area contributed by atoms with Gasteiger partial charge in [0.05, 0.1) is 14.2 Å². The maximum absolute atomic E-state index is 12.3. The molecule has 1 N–H and O–H groups in total. The number of benzene rings is 1. The van der Waals surface area contributed by atoms with Crippen molar-refractivity contribution in [3.05, 3.63) is 23.8 Å². The average Bonchev–Trinajstić information content (AvgIpc) is 2.61. The number of carboxylic acid groups (broad SMARTS) is 1. The van der Waals surface area contributed by atoms with E-state index in [4.69, 9.17) is 9.47 Å². The molecule has 6 heteroatoms. The first-order chi connectivity index (χ1) is 11.6. The van der Waals surface area contributed by atoms with E-state index < -0.39 is 17.8 Å². The molecule has 0 spiro atoms. The Labute approximate surface area is 142 Å². The number of methoxy groups -OCH3 is 2. The number of nitrogens with one attached hydrogen (secondary N) is 1. The zero-order chi connectivity index (χ0) is 17.5. The van der Waals surface area contributed by atoms with E-state index in [9.17, 15) is 14.7 Å². The summed E-state index contributed by atoms with van der Waals surface area (Å²) in [5, 5.41) is 14.0. The van der Waals surface area contributed by atoms with Crippen LogP contribution in [0.1, 0.15) is 31.2 Å². The second-order valence-electron chi connectivity index (χ2n) is 6.05. The van der Waals surface area contributed by atoms with Crippen molar-refractivity contribution in [2.45, 2.75) is 32.1 Å². The molecule has 2 atom stereocenters. The summed E-state index contributed by atoms with van der Waals surface area (Å²) in [6, 6.07) is 5.61. The monoisotopic (exact) mass is 334 g/mol. The maximum atomic E-state index is 12.3. The van der Waals surface area contributed by atoms with Gasteiger partial charge in [-0.2, -0.15) is 0 Å². The third-order valence-electron chi connectivity index (χ3n) is 4.57. The predicted molar refractivity (Wildman–Crippen MR) is 86.7 cm³/mol. The molecule has 1 saturated carbocycles. The minimum absolute atomic E-state index is 0.190. The van der Waals surface area contributed by atoms with Gasteiger partial charge in [-0.25, -0.2) is 0 Å². The van der Waals surface area contributed by atoms with Crippen LogP contribution in [0.5, 0.6) is 11.5 Å². The zero-order valence-electron chi connectivity index (χ0n) is 14.2. The molecule has 132 valence electrons. The highest BCUT2D eigenvalue weighted by Gasteiger charge is 2.31. The summed E-state index contributed by atoms with van der Waals surface area (Å²) in [7, 11) is 3.15. The van der Waals surface area contributed by atoms with Crippen LogP contribution in [0.25, 0.3) is 0 Å². The highest BCUT2D eigenvalue weighted by atomic mass is 16.5. The molecule has 1 amide bonds. The van der Waals surface area contributed by atoms with Crippen LogP contribution >= 0.6 is 0 Å². The molecule has 6 nitrogen and oxygen atoms in total. The number of carbonyl (C=O) groups excluding carboxylic acids is 2. The van der Waals surface area contributed by atoms with Crippen LogP contribution < -0.4 is 19.9 Å². The van der Waals surface area contributed by atoms with Gasteiger partial charge in [0.15, 0.2) is 11.5 Å². The van der Waals surface area contributed by atoms with Gasteiger partial charge in [0, 0.05) is 24.3 Å². The molecule has 2 unspecified atom stereocenters. The van der Waals surface area contributed by atoms with Gasteiger partial charge < -0.3 is 24.7 Å². The van der Waals surface area contributed by atoms with Crippen molar-refractivity contribution in [1.82, 2.24) is 5.32 Å². The quantitative estimate of drug-likeness (QED) is 0.801. The first-order valence-electron chi connectivity index (χ1n) is 8.26. The average molecular weight is 334 g/mol. The van der Waals surface area contributed by atoms with Crippen LogP contribution in [0.15, 0.2) is 18.2 Å². The Kier molecular flexibility index (Phi) is 6.46. The zero-order valence-corrected chi connectivity index (χ0v) is 14.2. The Bertz CT molecular complexity index is 587. The normalized spacial score (nSPS) is 20.2. The van der Waals surface area contributed by atoms with Crippen LogP contribution in [0.3, 0.4) is 0 Å². The molecule has 0 heterocycles. The minimum atomic E-state index is -1.12. The molecule has 0 radical (unpaired) electrons. The van der Waals surface area contributed by atoms with Crippen molar-refractivity contribution < 1.29 is 24.2 Å². The van der Waals surface area contributed by atoms with Gasteiger partial charge in [-0.05, 0) is 37.0 Å². The molecule has 2 rings (SSSR count). The van der Waals surface area contributed by atoms with E-state index in [1.165, 1.54) is 0 Å². The lowest BCUT2D eigenvalue weighted by molar-refractivity contribution is -0.314. The van der Waals surface area contributed by atoms with Crippen molar-refractivity contribution >= 4 is 11.9 Å². The third kappa shape index (κ3) is 4.40. The number of hydrogen-bond donors (Lipinski definition) is 1. The Morgan fingerprint density at radius 2 is 1.79 bits per heavy atom. The summed E-state index contributed by atoms with van der Waals surface area (Å²) < 4.78 is 10.4. The van der Waals surface area contributed by atoms with Gasteiger partial charge in [-0.1, -0.05) is 18.9 Å². The van der Waals surface area contributed by atoms with E-state index >= 15 is 0 Å². The number of carboxylic acids is 1. The summed E-state index contributed by atoms with van der Waals surface area (Å²) in [6.45, 7) is 0.449. The lowest BCUT2D eigenvalue weighted by atomic mass is 9.78. The van der Waals surface area contributed by atoms with E-state index in [1.807, 2.05) is 18.2 Å². The number of aliphatic carboxylic acids is 1. The number of carbonyl (C=O) groups is 2. The fraction of sp³-hybridized carbons (Fsp3) is 0.556. The summed E-state index contributed by atoms with van der Waals surface area (Å²) in [5.74, 6) is -1.15. The molecule has 0 aromatic heterocycles. The van der Waals surface area contributed by atoms with Crippen molar-refractivity contribution in [1.29, 1.82) is 0 Å². The molecule has 1 fully saturated rings. The van der Waals surface area contributed by atoms with Crippen molar-refractivity contribution in [2.75, 3.05) is 20.8 Å². The predicted octanol–water partition coefficient (Wildman–Crippen LogP) is 0.919. The fourth-order valence-corrected chi connectivity index (χ4v) is 3.22. The Balaban J connectivity index is 1.89. The van der Waals surface area contributed by atoms with E-state index in [1.54, 1.807) is 14.2 Å². The van der Waals surface area contributed by atoms with Crippen LogP contribution in [-0.2, 0) is 16.0 Å². The standard InChI is InChI=1S/C18H25NO5/c1-23-15-8-7-12(11-16(15)24-2)9-10-19-17(20)13-5-3-4-6-14(13)18(21)22/h7-8,11,13-14H,3-6,9-10H2,1-2H3,(H,19,20)(H,21,22)/p-1. The van der Waals surface area contributed by atoms with Gasteiger partial charge in [0.1, 0.15) is 0 Å². The summed E-state index contributed by atoms with van der Waals surface area (Å²) in [5.41, 5.74) is 1.01. The lowest BCUT2D eigenvalue weighted by Crippen LogP contribution is -2.44. The van der Waals surface area contributed by atoms with E-state index in [0.29, 0.717) is 37.3 Å². The Morgan fingerprint density at radius 3 is 2.42 bits per heavy atom. The number of amides is 1. The lowest BCUT2D eigenvalue weighted by Gasteiger charge is -2.31. The van der Waals surface area contributed by atoms with Gasteiger partial charge in [-0.15, -0.1) is 0 Å². The number of ether oxygens (including phenoxy) is 2. The molecule has 0 bridgehead atoms. The van der Waals surface area contributed by atoms with Crippen molar-refractivity contribution in [2.24, 2.45) is 11.8 Å². The van der Waals surface area contributed by atoms with Gasteiger partial charge >= 0.3 is 0 Å². The fourth-order valence-electron chi connectivity index (χ4n) is 3.22. The number of hydrogen-bond acceptors (Lipinski definition) is 5. The molecule has 0 saturated heterocycles. The van der Waals surface area contributed by atoms with E-state index in [2.05, 4.69) is 5.32 Å². The SMILES string of the molecule is COc1ccc(CCNC(=O)C2CCCCC2C(=O)[O-])cc1OC. The van der Waals surface area contributed by atoms with Crippen LogP contribution in [-0.4, -0.2) is 32.6 Å². The highest BCUT2D eigenvalue weighted by molar-refractivity contribution is 5.84. The van der Waals surface area contributed by atoms with Gasteiger partial charge in [0.25, 0.3) is 0 Å². The summed E-state index contributed by atoms with van der Waals surface area (Å²) in [4.78, 5) is 23.5. The Hall–Kier alpha value is -2.24. The molecule has 0 aliphatic heterocycles.